The van der Waals surface area contributed by atoms with Crippen molar-refractivity contribution in [1.82, 2.24) is 10.3 Å². The summed E-state index contributed by atoms with van der Waals surface area (Å²) in [6.07, 6.45) is 0. The fraction of sp³-hybridized carbons (Fsp3) is 0.438. The Kier molecular flexibility index (Phi) is 5.73. The third-order valence-electron chi connectivity index (χ3n) is 3.25. The summed E-state index contributed by atoms with van der Waals surface area (Å²) in [4.78, 5) is 8.14. The lowest BCUT2D eigenvalue weighted by Gasteiger charge is -2.15. The number of nitrogens with zero attached hydrogens (tertiary/aromatic N) is 2. The molecular formula is C16H23N3OS. The summed E-state index contributed by atoms with van der Waals surface area (Å²) in [7, 11) is 5.74. The molecule has 4 nitrogen and oxygen atoms in total. The molecule has 0 amide bonds. The summed E-state index contributed by atoms with van der Waals surface area (Å²) < 4.78 is 5.24. The summed E-state index contributed by atoms with van der Waals surface area (Å²) >= 11 is 1.73. The lowest BCUT2D eigenvalue weighted by atomic mass is 10.1. The molecular weight excluding hydrogens is 282 g/mol. The van der Waals surface area contributed by atoms with E-state index in [9.17, 15) is 0 Å². The molecule has 1 aromatic heterocycles. The second-order valence-electron chi connectivity index (χ2n) is 5.17. The number of thiazole rings is 1. The van der Waals surface area contributed by atoms with Crippen LogP contribution in [0.25, 0.3) is 0 Å². The molecule has 21 heavy (non-hydrogen) atoms. The zero-order valence-corrected chi connectivity index (χ0v) is 14.0. The number of hydrogen-bond acceptors (Lipinski definition) is 5. The van der Waals surface area contributed by atoms with Crippen LogP contribution in [0, 0.1) is 6.92 Å². The van der Waals surface area contributed by atoms with Crippen LogP contribution in [0.1, 0.15) is 21.7 Å². The van der Waals surface area contributed by atoms with Crippen LogP contribution in [0.4, 0.5) is 5.13 Å². The van der Waals surface area contributed by atoms with Gasteiger partial charge in [0.2, 0.25) is 0 Å². The monoisotopic (exact) mass is 305 g/mol. The average Bonchev–Trinajstić information content (AvgIpc) is 2.86. The summed E-state index contributed by atoms with van der Waals surface area (Å²) in [6, 6.07) is 8.63. The van der Waals surface area contributed by atoms with Gasteiger partial charge in [0.15, 0.2) is 5.13 Å². The number of nitrogens with one attached hydrogen (secondary N) is 1. The Balaban J connectivity index is 2.12. The molecule has 114 valence electrons. The topological polar surface area (TPSA) is 37.4 Å². The maximum absolute atomic E-state index is 5.24. The lowest BCUT2D eigenvalue weighted by Crippen LogP contribution is -2.16. The molecule has 2 rings (SSSR count). The average molecular weight is 305 g/mol. The Labute approximate surface area is 130 Å². The van der Waals surface area contributed by atoms with Gasteiger partial charge < -0.3 is 15.0 Å². The van der Waals surface area contributed by atoms with Crippen LogP contribution in [0.5, 0.6) is 0 Å². The highest BCUT2D eigenvalue weighted by molar-refractivity contribution is 7.15. The molecule has 0 aliphatic carbocycles. The molecule has 1 N–H and O–H groups in total. The number of aromatic nitrogens is 1. The second kappa shape index (κ2) is 7.54. The van der Waals surface area contributed by atoms with Crippen LogP contribution in [-0.4, -0.2) is 26.2 Å². The molecule has 0 unspecified atom stereocenters. The molecule has 5 heteroatoms. The molecule has 0 atom stereocenters. The van der Waals surface area contributed by atoms with Gasteiger partial charge in [-0.1, -0.05) is 29.8 Å². The van der Waals surface area contributed by atoms with Crippen molar-refractivity contribution >= 4 is 16.5 Å². The van der Waals surface area contributed by atoms with E-state index in [4.69, 9.17) is 9.72 Å². The van der Waals surface area contributed by atoms with Crippen molar-refractivity contribution in [2.75, 3.05) is 26.1 Å². The molecule has 0 spiro atoms. The molecule has 0 fully saturated rings. The van der Waals surface area contributed by atoms with E-state index >= 15 is 0 Å². The molecule has 0 aliphatic rings. The first-order chi connectivity index (χ1) is 10.1. The quantitative estimate of drug-likeness (QED) is 0.853. The number of methoxy groups -OCH3 is 1. The number of benzene rings is 1. The highest BCUT2D eigenvalue weighted by atomic mass is 32.1. The van der Waals surface area contributed by atoms with Crippen LogP contribution in [0.15, 0.2) is 24.3 Å². The van der Waals surface area contributed by atoms with E-state index in [-0.39, 0.29) is 0 Å². The first kappa shape index (κ1) is 15.9. The molecule has 0 saturated carbocycles. The van der Waals surface area contributed by atoms with E-state index < -0.39 is 0 Å². The third-order valence-corrected chi connectivity index (χ3v) is 4.46. The van der Waals surface area contributed by atoms with Crippen molar-refractivity contribution in [1.29, 1.82) is 0 Å². The first-order valence-electron chi connectivity index (χ1n) is 7.03. The Morgan fingerprint density at radius 1 is 1.29 bits per heavy atom. The van der Waals surface area contributed by atoms with Crippen LogP contribution >= 0.6 is 11.3 Å². The Hall–Kier alpha value is -1.43. The van der Waals surface area contributed by atoms with Crippen LogP contribution in [0.2, 0.25) is 0 Å². The first-order valence-corrected chi connectivity index (χ1v) is 7.84. The van der Waals surface area contributed by atoms with Gasteiger partial charge in [-0.2, -0.15) is 0 Å². The van der Waals surface area contributed by atoms with E-state index in [1.165, 1.54) is 16.0 Å². The SMILES string of the molecule is CNCc1sc(N(C)Cc2ccc(C)cc2)nc1COC. The number of rotatable bonds is 7. The normalized spacial score (nSPS) is 10.9. The Morgan fingerprint density at radius 2 is 2.00 bits per heavy atom. The number of aryl methyl sites for hydroxylation is 1. The second-order valence-corrected chi connectivity index (χ2v) is 6.23. The van der Waals surface area contributed by atoms with E-state index in [2.05, 4.69) is 48.5 Å². The molecule has 0 radical (unpaired) electrons. The van der Waals surface area contributed by atoms with Gasteiger partial charge in [0.1, 0.15) is 0 Å². The highest BCUT2D eigenvalue weighted by Gasteiger charge is 2.13. The zero-order valence-electron chi connectivity index (χ0n) is 13.1. The molecule has 2 aromatic rings. The molecule has 0 saturated heterocycles. The van der Waals surface area contributed by atoms with Gasteiger partial charge >= 0.3 is 0 Å². The molecule has 1 aromatic carbocycles. The van der Waals surface area contributed by atoms with Crippen LogP contribution < -0.4 is 10.2 Å². The van der Waals surface area contributed by atoms with Gasteiger partial charge in [-0.3, -0.25) is 0 Å². The van der Waals surface area contributed by atoms with Gasteiger partial charge in [-0.05, 0) is 19.5 Å². The Morgan fingerprint density at radius 3 is 2.62 bits per heavy atom. The predicted octanol–water partition coefficient (Wildman–Crippen LogP) is 2.95. The van der Waals surface area contributed by atoms with Gasteiger partial charge in [0.25, 0.3) is 0 Å². The summed E-state index contributed by atoms with van der Waals surface area (Å²) in [5.41, 5.74) is 3.61. The van der Waals surface area contributed by atoms with Crippen LogP contribution in [-0.2, 0) is 24.4 Å². The zero-order chi connectivity index (χ0) is 15.2. The predicted molar refractivity (Wildman–Crippen MR) is 88.9 cm³/mol. The van der Waals surface area contributed by atoms with Crippen molar-refractivity contribution in [3.63, 3.8) is 0 Å². The summed E-state index contributed by atoms with van der Waals surface area (Å²) in [6.45, 7) is 4.36. The minimum absolute atomic E-state index is 0.561. The summed E-state index contributed by atoms with van der Waals surface area (Å²) in [5.74, 6) is 0. The fourth-order valence-electron chi connectivity index (χ4n) is 2.12. The smallest absolute Gasteiger partial charge is 0.185 e. The number of anilines is 1. The standard InChI is InChI=1S/C16H23N3OS/c1-12-5-7-13(8-6-12)10-19(3)16-18-14(11-20-4)15(21-16)9-17-2/h5-8,17H,9-11H2,1-4H3. The molecule has 0 bridgehead atoms. The maximum Gasteiger partial charge on any atom is 0.185 e. The van der Waals surface area contributed by atoms with Gasteiger partial charge in [0, 0.05) is 32.1 Å². The summed E-state index contributed by atoms with van der Waals surface area (Å²) in [5, 5.41) is 4.22. The van der Waals surface area contributed by atoms with E-state index in [1.807, 2.05) is 7.05 Å². The van der Waals surface area contributed by atoms with Crippen molar-refractivity contribution < 1.29 is 4.74 Å². The van der Waals surface area contributed by atoms with E-state index in [1.54, 1.807) is 18.4 Å². The van der Waals surface area contributed by atoms with E-state index in [0.29, 0.717) is 6.61 Å². The Bertz CT molecular complexity index is 542. The fourth-order valence-corrected chi connectivity index (χ4v) is 3.15. The number of ether oxygens (including phenoxy) is 1. The van der Waals surface area contributed by atoms with Gasteiger partial charge in [-0.15, -0.1) is 11.3 Å². The van der Waals surface area contributed by atoms with Gasteiger partial charge in [0.05, 0.1) is 12.3 Å². The van der Waals surface area contributed by atoms with Crippen molar-refractivity contribution in [3.05, 3.63) is 46.0 Å². The lowest BCUT2D eigenvalue weighted by molar-refractivity contribution is 0.181. The third kappa shape index (κ3) is 4.27. The maximum atomic E-state index is 5.24. The molecule has 1 heterocycles. The largest absolute Gasteiger partial charge is 0.378 e. The van der Waals surface area contributed by atoms with Crippen molar-refractivity contribution in [2.45, 2.75) is 26.6 Å². The minimum atomic E-state index is 0.561. The molecule has 0 aliphatic heterocycles. The van der Waals surface area contributed by atoms with E-state index in [0.717, 1.165) is 23.9 Å². The van der Waals surface area contributed by atoms with Crippen LogP contribution in [0.3, 0.4) is 0 Å². The number of hydrogen-bond donors (Lipinski definition) is 1. The van der Waals surface area contributed by atoms with Crippen molar-refractivity contribution in [2.24, 2.45) is 0 Å². The minimum Gasteiger partial charge on any atom is -0.378 e. The highest BCUT2D eigenvalue weighted by Crippen LogP contribution is 2.27. The van der Waals surface area contributed by atoms with Gasteiger partial charge in [-0.25, -0.2) is 4.98 Å². The van der Waals surface area contributed by atoms with Crippen molar-refractivity contribution in [3.8, 4) is 0 Å².